The first-order valence-electron chi connectivity index (χ1n) is 5.13. The highest BCUT2D eigenvalue weighted by atomic mass is 19.1. The van der Waals surface area contributed by atoms with E-state index in [9.17, 15) is 14.5 Å². The smallest absolute Gasteiger partial charge is 0.312 e. The average molecular weight is 264 g/mol. The van der Waals surface area contributed by atoms with Gasteiger partial charge in [0.25, 0.3) is 0 Å². The van der Waals surface area contributed by atoms with Crippen LogP contribution >= 0.6 is 0 Å². The molecular weight excluding hydrogens is 255 g/mol. The van der Waals surface area contributed by atoms with Gasteiger partial charge in [-0.1, -0.05) is 0 Å². The van der Waals surface area contributed by atoms with Crippen molar-refractivity contribution < 1.29 is 14.1 Å². The lowest BCUT2D eigenvalue weighted by atomic mass is 10.1. The molecule has 2 rings (SSSR count). The second-order valence-electron chi connectivity index (χ2n) is 3.58. The molecule has 0 aliphatic carbocycles. The number of rotatable bonds is 3. The molecule has 19 heavy (non-hydrogen) atoms. The van der Waals surface area contributed by atoms with E-state index in [1.54, 1.807) is 0 Å². The van der Waals surface area contributed by atoms with Crippen LogP contribution in [0.2, 0.25) is 0 Å². The molecule has 0 saturated heterocycles. The maximum Gasteiger partial charge on any atom is 0.312 e. The molecule has 0 fully saturated rings. The molecule has 0 saturated carbocycles. The van der Waals surface area contributed by atoms with E-state index >= 15 is 0 Å². The summed E-state index contributed by atoms with van der Waals surface area (Å²) in [6.45, 7) is 0. The maximum absolute atomic E-state index is 12.8. The van der Waals surface area contributed by atoms with Gasteiger partial charge < -0.3 is 10.5 Å². The normalized spacial score (nSPS) is 10.2. The third-order valence-electron chi connectivity index (χ3n) is 2.42. The van der Waals surface area contributed by atoms with Gasteiger partial charge in [0, 0.05) is 17.8 Å². The lowest BCUT2D eigenvalue weighted by Crippen LogP contribution is -2.02. The monoisotopic (exact) mass is 264 g/mol. The van der Waals surface area contributed by atoms with Crippen molar-refractivity contribution >= 4 is 11.5 Å². The fourth-order valence-corrected chi connectivity index (χ4v) is 1.54. The lowest BCUT2D eigenvalue weighted by molar-refractivity contribution is -0.384. The Morgan fingerprint density at radius 2 is 2.21 bits per heavy atom. The zero-order valence-electron chi connectivity index (χ0n) is 9.83. The van der Waals surface area contributed by atoms with Gasteiger partial charge in [-0.05, 0) is 12.1 Å². The quantitative estimate of drug-likeness (QED) is 0.514. The van der Waals surface area contributed by atoms with Gasteiger partial charge in [-0.3, -0.25) is 10.1 Å². The number of nitrogens with zero attached hydrogens (tertiary/aromatic N) is 3. The average Bonchev–Trinajstić information content (AvgIpc) is 2.39. The highest BCUT2D eigenvalue weighted by molar-refractivity contribution is 5.74. The summed E-state index contributed by atoms with van der Waals surface area (Å²) in [7, 11) is 1.36. The fourth-order valence-electron chi connectivity index (χ4n) is 1.54. The summed E-state index contributed by atoms with van der Waals surface area (Å²) < 4.78 is 17.8. The first kappa shape index (κ1) is 12.7. The van der Waals surface area contributed by atoms with Crippen molar-refractivity contribution in [3.05, 3.63) is 40.5 Å². The number of pyridine rings is 2. The van der Waals surface area contributed by atoms with Crippen LogP contribution < -0.4 is 10.5 Å². The predicted molar refractivity (Wildman–Crippen MR) is 65.0 cm³/mol. The summed E-state index contributed by atoms with van der Waals surface area (Å²) in [5.74, 6) is -0.794. The van der Waals surface area contributed by atoms with Gasteiger partial charge in [-0.15, -0.1) is 0 Å². The van der Waals surface area contributed by atoms with E-state index in [1.165, 1.54) is 25.4 Å². The van der Waals surface area contributed by atoms with E-state index in [-0.39, 0.29) is 17.4 Å². The Morgan fingerprint density at radius 3 is 2.74 bits per heavy atom. The number of ether oxygens (including phenoxy) is 1. The number of nitrogens with two attached hydrogens (primary N) is 1. The van der Waals surface area contributed by atoms with E-state index in [2.05, 4.69) is 9.97 Å². The molecule has 7 nitrogen and oxygen atoms in total. The van der Waals surface area contributed by atoms with Crippen LogP contribution in [0.3, 0.4) is 0 Å². The molecule has 0 spiro atoms. The summed E-state index contributed by atoms with van der Waals surface area (Å²) >= 11 is 0. The third-order valence-corrected chi connectivity index (χ3v) is 2.42. The van der Waals surface area contributed by atoms with Crippen molar-refractivity contribution in [1.29, 1.82) is 0 Å². The van der Waals surface area contributed by atoms with Crippen LogP contribution in [0.4, 0.5) is 15.9 Å². The Labute approximate surface area is 107 Å². The Balaban J connectivity index is 2.63. The minimum atomic E-state index is -0.652. The van der Waals surface area contributed by atoms with Crippen molar-refractivity contribution in [1.82, 2.24) is 9.97 Å². The van der Waals surface area contributed by atoms with Crippen LogP contribution in [0.25, 0.3) is 11.1 Å². The number of hydrogen-bond donors (Lipinski definition) is 1. The van der Waals surface area contributed by atoms with Crippen LogP contribution in [0.5, 0.6) is 5.88 Å². The molecule has 0 radical (unpaired) electrons. The number of nitro groups is 1. The lowest BCUT2D eigenvalue weighted by Gasteiger charge is -2.08. The van der Waals surface area contributed by atoms with Gasteiger partial charge in [0.15, 0.2) is 0 Å². The second-order valence-corrected chi connectivity index (χ2v) is 3.58. The van der Waals surface area contributed by atoms with E-state index in [1.807, 2.05) is 0 Å². The Bertz CT molecular complexity index is 631. The Morgan fingerprint density at radius 1 is 1.47 bits per heavy atom. The predicted octanol–water partition coefficient (Wildman–Crippen LogP) is 1.78. The van der Waals surface area contributed by atoms with Gasteiger partial charge in [-0.2, -0.15) is 9.37 Å². The third kappa shape index (κ3) is 2.41. The minimum absolute atomic E-state index is 0.108. The number of hydrogen-bond acceptors (Lipinski definition) is 6. The molecule has 0 aliphatic heterocycles. The largest absolute Gasteiger partial charge is 0.480 e. The van der Waals surface area contributed by atoms with Crippen molar-refractivity contribution in [2.24, 2.45) is 0 Å². The molecule has 2 N–H and O–H groups in total. The van der Waals surface area contributed by atoms with Gasteiger partial charge in [0.05, 0.1) is 17.6 Å². The summed E-state index contributed by atoms with van der Waals surface area (Å²) in [5, 5.41) is 10.8. The van der Waals surface area contributed by atoms with Gasteiger partial charge in [-0.25, -0.2) is 4.98 Å². The van der Waals surface area contributed by atoms with E-state index in [4.69, 9.17) is 10.5 Å². The van der Waals surface area contributed by atoms with Gasteiger partial charge >= 0.3 is 5.69 Å². The minimum Gasteiger partial charge on any atom is -0.480 e. The van der Waals surface area contributed by atoms with Crippen molar-refractivity contribution in [2.75, 3.05) is 12.8 Å². The molecule has 0 unspecified atom stereocenters. The van der Waals surface area contributed by atoms with E-state index < -0.39 is 10.9 Å². The van der Waals surface area contributed by atoms with E-state index in [0.717, 1.165) is 6.07 Å². The van der Waals surface area contributed by atoms with Gasteiger partial charge in [0.2, 0.25) is 17.6 Å². The zero-order chi connectivity index (χ0) is 14.0. The van der Waals surface area contributed by atoms with E-state index in [0.29, 0.717) is 11.1 Å². The van der Waals surface area contributed by atoms with Crippen molar-refractivity contribution in [3.63, 3.8) is 0 Å². The molecule has 98 valence electrons. The fraction of sp³-hybridized carbons (Fsp3) is 0.0909. The zero-order valence-corrected chi connectivity index (χ0v) is 9.83. The van der Waals surface area contributed by atoms with Crippen LogP contribution in [0, 0.1) is 16.1 Å². The first-order valence-corrected chi connectivity index (χ1v) is 5.13. The van der Waals surface area contributed by atoms with Crippen LogP contribution in [0.15, 0.2) is 24.4 Å². The summed E-state index contributed by atoms with van der Waals surface area (Å²) in [5.41, 5.74) is 5.87. The number of halogens is 1. The van der Waals surface area contributed by atoms with Gasteiger partial charge in [0.1, 0.15) is 0 Å². The molecule has 0 amide bonds. The molecular formula is C11H9FN4O3. The van der Waals surface area contributed by atoms with Crippen LogP contribution in [-0.2, 0) is 0 Å². The number of nitrogen functional groups attached to an aromatic ring is 1. The highest BCUT2D eigenvalue weighted by Crippen LogP contribution is 2.34. The molecule has 0 aromatic carbocycles. The second kappa shape index (κ2) is 4.84. The standard InChI is InChI=1S/C11H9FN4O3/c1-19-11-7(6-2-3-9(12)14-5-6)4-8(16(17)18)10(13)15-11/h2-5H,1H3,(H2,13,15). The van der Waals surface area contributed by atoms with Crippen LogP contribution in [0.1, 0.15) is 0 Å². The molecule has 2 aromatic heterocycles. The molecule has 0 atom stereocenters. The molecule has 2 heterocycles. The highest BCUT2D eigenvalue weighted by Gasteiger charge is 2.19. The van der Waals surface area contributed by atoms with Crippen molar-refractivity contribution in [2.45, 2.75) is 0 Å². The first-order chi connectivity index (χ1) is 9.02. The van der Waals surface area contributed by atoms with Crippen molar-refractivity contribution in [3.8, 4) is 17.0 Å². The summed E-state index contributed by atoms with van der Waals surface area (Å²) in [4.78, 5) is 17.5. The molecule has 2 aromatic rings. The van der Waals surface area contributed by atoms with Crippen LogP contribution in [-0.4, -0.2) is 22.0 Å². The molecule has 8 heteroatoms. The Kier molecular flexibility index (Phi) is 3.23. The number of aromatic nitrogens is 2. The topological polar surface area (TPSA) is 104 Å². The summed E-state index contributed by atoms with van der Waals surface area (Å²) in [6, 6.07) is 3.77. The Hall–Kier alpha value is -2.77. The SMILES string of the molecule is COc1nc(N)c([N+](=O)[O-])cc1-c1ccc(F)nc1. The number of anilines is 1. The molecule has 0 bridgehead atoms. The molecule has 0 aliphatic rings. The number of methoxy groups -OCH3 is 1. The maximum atomic E-state index is 12.8. The summed E-state index contributed by atoms with van der Waals surface area (Å²) in [6.07, 6.45) is 1.23.